The quantitative estimate of drug-likeness (QED) is 0.448. The van der Waals surface area contributed by atoms with E-state index in [0.717, 1.165) is 6.42 Å². The number of benzene rings is 1. The van der Waals surface area contributed by atoms with E-state index < -0.39 is 10.9 Å². The molecule has 1 atom stereocenters. The zero-order valence-electron chi connectivity index (χ0n) is 9.88. The molecule has 0 saturated heterocycles. The van der Waals surface area contributed by atoms with Crippen LogP contribution >= 0.6 is 0 Å². The molecule has 0 aliphatic carbocycles. The van der Waals surface area contributed by atoms with Crippen LogP contribution in [-0.2, 0) is 4.74 Å². The number of carbonyl (C=O) groups is 1. The minimum Gasteiger partial charge on any atom is -0.462 e. The highest BCUT2D eigenvalue weighted by atomic mass is 16.6. The van der Waals surface area contributed by atoms with Crippen molar-refractivity contribution in [1.82, 2.24) is 0 Å². The van der Waals surface area contributed by atoms with Crippen LogP contribution < -0.4 is 0 Å². The maximum absolute atomic E-state index is 11.7. The second-order valence-corrected chi connectivity index (χ2v) is 3.89. The Hall–Kier alpha value is -1.91. The molecule has 0 spiro atoms. The van der Waals surface area contributed by atoms with Crippen molar-refractivity contribution in [3.8, 4) is 0 Å². The highest BCUT2D eigenvalue weighted by molar-refractivity contribution is 5.93. The third-order valence-corrected chi connectivity index (χ3v) is 2.52. The molecule has 0 aromatic heterocycles. The average molecular weight is 237 g/mol. The second-order valence-electron chi connectivity index (χ2n) is 3.89. The molecule has 0 aliphatic heterocycles. The minimum absolute atomic E-state index is 0.000744. The fraction of sp³-hybridized carbons (Fsp3) is 0.417. The van der Waals surface area contributed by atoms with Crippen LogP contribution in [0.4, 0.5) is 5.69 Å². The number of nitro benzene ring substituents is 1. The van der Waals surface area contributed by atoms with Crippen molar-refractivity contribution in [2.24, 2.45) is 5.92 Å². The molecule has 17 heavy (non-hydrogen) atoms. The molecular weight excluding hydrogens is 222 g/mol. The Morgan fingerprint density at radius 2 is 2.12 bits per heavy atom. The summed E-state index contributed by atoms with van der Waals surface area (Å²) < 4.78 is 5.03. The van der Waals surface area contributed by atoms with E-state index in [-0.39, 0.29) is 23.8 Å². The van der Waals surface area contributed by atoms with Crippen molar-refractivity contribution in [1.29, 1.82) is 0 Å². The summed E-state index contributed by atoms with van der Waals surface area (Å²) in [7, 11) is 0. The molecule has 5 heteroatoms. The molecular formula is C12H15NO4. The zero-order valence-corrected chi connectivity index (χ0v) is 9.88. The molecule has 92 valence electrons. The van der Waals surface area contributed by atoms with Gasteiger partial charge in [-0.3, -0.25) is 10.1 Å². The van der Waals surface area contributed by atoms with Gasteiger partial charge in [0.1, 0.15) is 5.56 Å². The molecule has 0 aliphatic rings. The Morgan fingerprint density at radius 3 is 2.71 bits per heavy atom. The summed E-state index contributed by atoms with van der Waals surface area (Å²) >= 11 is 0. The highest BCUT2D eigenvalue weighted by Crippen LogP contribution is 2.18. The third-order valence-electron chi connectivity index (χ3n) is 2.52. The van der Waals surface area contributed by atoms with Gasteiger partial charge in [0.05, 0.1) is 11.5 Å². The van der Waals surface area contributed by atoms with Crippen LogP contribution in [0.15, 0.2) is 24.3 Å². The van der Waals surface area contributed by atoms with Crippen LogP contribution in [0.3, 0.4) is 0 Å². The third kappa shape index (κ3) is 3.55. The standard InChI is InChI=1S/C12H15NO4/c1-3-9(2)8-17-12(14)10-6-4-5-7-11(10)13(15)16/h4-7,9H,3,8H2,1-2H3/t9-/m1/s1. The van der Waals surface area contributed by atoms with Crippen molar-refractivity contribution in [3.63, 3.8) is 0 Å². The lowest BCUT2D eigenvalue weighted by atomic mass is 10.1. The van der Waals surface area contributed by atoms with Gasteiger partial charge < -0.3 is 4.74 Å². The van der Waals surface area contributed by atoms with Gasteiger partial charge in [-0.1, -0.05) is 32.4 Å². The minimum atomic E-state index is -0.641. The maximum Gasteiger partial charge on any atom is 0.345 e. The SMILES string of the molecule is CC[C@@H](C)COC(=O)c1ccccc1[N+](=O)[O-]. The van der Waals surface area contributed by atoms with E-state index in [1.807, 2.05) is 13.8 Å². The predicted octanol–water partition coefficient (Wildman–Crippen LogP) is 2.80. The molecule has 0 unspecified atom stereocenters. The number of para-hydroxylation sites is 1. The predicted molar refractivity (Wildman–Crippen MR) is 62.8 cm³/mol. The maximum atomic E-state index is 11.7. The number of rotatable bonds is 5. The monoisotopic (exact) mass is 237 g/mol. The molecule has 5 nitrogen and oxygen atoms in total. The molecule has 0 fully saturated rings. The first-order chi connectivity index (χ1) is 8.06. The first-order valence-corrected chi connectivity index (χ1v) is 5.46. The molecule has 0 saturated carbocycles. The lowest BCUT2D eigenvalue weighted by molar-refractivity contribution is -0.385. The average Bonchev–Trinajstić information content (AvgIpc) is 2.35. The Morgan fingerprint density at radius 1 is 1.47 bits per heavy atom. The van der Waals surface area contributed by atoms with Crippen molar-refractivity contribution < 1.29 is 14.5 Å². The fourth-order valence-corrected chi connectivity index (χ4v) is 1.22. The Balaban J connectivity index is 2.78. The molecule has 0 amide bonds. The first kappa shape index (κ1) is 13.2. The van der Waals surface area contributed by atoms with Crippen LogP contribution in [0.1, 0.15) is 30.6 Å². The van der Waals surface area contributed by atoms with Crippen molar-refractivity contribution in [3.05, 3.63) is 39.9 Å². The number of hydrogen-bond donors (Lipinski definition) is 0. The molecule has 1 aromatic rings. The molecule has 0 N–H and O–H groups in total. The van der Waals surface area contributed by atoms with Gasteiger partial charge in [0, 0.05) is 6.07 Å². The van der Waals surface area contributed by atoms with Gasteiger partial charge in [-0.15, -0.1) is 0 Å². The smallest absolute Gasteiger partial charge is 0.345 e. The Labute approximate surface area is 99.5 Å². The van der Waals surface area contributed by atoms with Crippen LogP contribution in [0.5, 0.6) is 0 Å². The molecule has 0 bridgehead atoms. The van der Waals surface area contributed by atoms with Gasteiger partial charge in [0.15, 0.2) is 0 Å². The van der Waals surface area contributed by atoms with Gasteiger partial charge in [-0.2, -0.15) is 0 Å². The normalized spacial score (nSPS) is 11.9. The van der Waals surface area contributed by atoms with Gasteiger partial charge in [0.25, 0.3) is 5.69 Å². The van der Waals surface area contributed by atoms with Crippen molar-refractivity contribution in [2.75, 3.05) is 6.61 Å². The molecule has 1 aromatic carbocycles. The first-order valence-electron chi connectivity index (χ1n) is 5.46. The Bertz CT molecular complexity index is 417. The second kappa shape index (κ2) is 5.98. The summed E-state index contributed by atoms with van der Waals surface area (Å²) in [5.41, 5.74) is -0.220. The summed E-state index contributed by atoms with van der Waals surface area (Å²) in [6, 6.07) is 5.79. The van der Waals surface area contributed by atoms with Gasteiger partial charge in [-0.25, -0.2) is 4.79 Å². The zero-order chi connectivity index (χ0) is 12.8. The van der Waals surface area contributed by atoms with E-state index in [0.29, 0.717) is 0 Å². The number of carbonyl (C=O) groups excluding carboxylic acids is 1. The van der Waals surface area contributed by atoms with E-state index in [2.05, 4.69) is 0 Å². The van der Waals surface area contributed by atoms with E-state index in [9.17, 15) is 14.9 Å². The largest absolute Gasteiger partial charge is 0.462 e. The van der Waals surface area contributed by atoms with Gasteiger partial charge >= 0.3 is 5.97 Å². The number of ether oxygens (including phenoxy) is 1. The Kier molecular flexibility index (Phi) is 4.63. The van der Waals surface area contributed by atoms with Crippen LogP contribution in [-0.4, -0.2) is 17.5 Å². The van der Waals surface area contributed by atoms with Gasteiger partial charge in [-0.05, 0) is 12.0 Å². The lowest BCUT2D eigenvalue weighted by Gasteiger charge is -2.09. The van der Waals surface area contributed by atoms with Crippen LogP contribution in [0.2, 0.25) is 0 Å². The molecule has 0 heterocycles. The fourth-order valence-electron chi connectivity index (χ4n) is 1.22. The summed E-state index contributed by atoms with van der Waals surface area (Å²) in [6.45, 7) is 4.22. The lowest BCUT2D eigenvalue weighted by Crippen LogP contribution is -2.13. The van der Waals surface area contributed by atoms with Crippen LogP contribution in [0.25, 0.3) is 0 Å². The van der Waals surface area contributed by atoms with Crippen molar-refractivity contribution >= 4 is 11.7 Å². The van der Waals surface area contributed by atoms with Gasteiger partial charge in [0.2, 0.25) is 0 Å². The van der Waals surface area contributed by atoms with E-state index in [1.165, 1.54) is 18.2 Å². The molecule has 1 rings (SSSR count). The number of nitro groups is 1. The highest BCUT2D eigenvalue weighted by Gasteiger charge is 2.20. The topological polar surface area (TPSA) is 69.4 Å². The van der Waals surface area contributed by atoms with E-state index in [1.54, 1.807) is 6.07 Å². The summed E-state index contributed by atoms with van der Waals surface area (Å²) in [5, 5.41) is 10.7. The number of hydrogen-bond acceptors (Lipinski definition) is 4. The summed E-state index contributed by atoms with van der Waals surface area (Å²) in [5.74, 6) is -0.390. The van der Waals surface area contributed by atoms with E-state index >= 15 is 0 Å². The summed E-state index contributed by atoms with van der Waals surface area (Å²) in [4.78, 5) is 21.8. The number of nitrogens with zero attached hydrogens (tertiary/aromatic N) is 1. The molecule has 0 radical (unpaired) electrons. The number of esters is 1. The van der Waals surface area contributed by atoms with Crippen molar-refractivity contribution in [2.45, 2.75) is 20.3 Å². The van der Waals surface area contributed by atoms with E-state index in [4.69, 9.17) is 4.74 Å². The summed E-state index contributed by atoms with van der Waals surface area (Å²) in [6.07, 6.45) is 0.893. The van der Waals surface area contributed by atoms with Crippen LogP contribution in [0, 0.1) is 16.0 Å².